The van der Waals surface area contributed by atoms with E-state index in [1.807, 2.05) is 30.3 Å². The molecule has 4 unspecified atom stereocenters. The van der Waals surface area contributed by atoms with Crippen molar-refractivity contribution in [3.63, 3.8) is 0 Å². The van der Waals surface area contributed by atoms with Crippen LogP contribution in [0.1, 0.15) is 55.5 Å². The zero-order chi connectivity index (χ0) is 14.7. The highest BCUT2D eigenvalue weighted by Crippen LogP contribution is 2.59. The number of furan rings is 1. The van der Waals surface area contributed by atoms with Crippen LogP contribution in [0.3, 0.4) is 0 Å². The number of benzene rings is 1. The Morgan fingerprint density at radius 2 is 2.00 bits per heavy atom. The highest BCUT2D eigenvalue weighted by atomic mass is 16.3. The van der Waals surface area contributed by atoms with Gasteiger partial charge in [0.15, 0.2) is 5.76 Å². The normalized spacial score (nSPS) is 36.6. The second-order valence-electron chi connectivity index (χ2n) is 7.92. The molecule has 3 bridgehead atoms. The quantitative estimate of drug-likeness (QED) is 0.711. The Morgan fingerprint density at radius 3 is 2.91 bits per heavy atom. The fraction of sp³-hybridized carbons (Fsp3) is 0.550. The minimum Gasteiger partial charge on any atom is -0.453 e. The first kappa shape index (κ1) is 12.9. The van der Waals surface area contributed by atoms with Gasteiger partial charge in [-0.2, -0.15) is 0 Å². The van der Waals surface area contributed by atoms with Crippen LogP contribution in [-0.2, 0) is 0 Å². The van der Waals surface area contributed by atoms with Crippen LogP contribution in [0.25, 0.3) is 11.0 Å². The number of fused-ring (bicyclic) bond motifs is 3. The Hall–Kier alpha value is -1.57. The average molecular weight is 294 g/mol. The highest BCUT2D eigenvalue weighted by Gasteiger charge is 2.53. The fourth-order valence-electron chi connectivity index (χ4n) is 5.81. The molecular weight excluding hydrogens is 272 g/mol. The molecule has 0 spiro atoms. The Kier molecular flexibility index (Phi) is 2.62. The predicted molar refractivity (Wildman–Crippen MR) is 85.8 cm³/mol. The number of rotatable bonds is 2. The van der Waals surface area contributed by atoms with E-state index in [2.05, 4.69) is 0 Å². The van der Waals surface area contributed by atoms with Gasteiger partial charge in [0.2, 0.25) is 5.78 Å². The van der Waals surface area contributed by atoms with Crippen LogP contribution in [0.2, 0.25) is 0 Å². The van der Waals surface area contributed by atoms with Gasteiger partial charge in [0.1, 0.15) is 5.58 Å². The van der Waals surface area contributed by atoms with E-state index in [0.717, 1.165) is 48.0 Å². The van der Waals surface area contributed by atoms with Crippen LogP contribution in [0.4, 0.5) is 0 Å². The first-order valence-electron chi connectivity index (χ1n) is 8.77. The van der Waals surface area contributed by atoms with Crippen LogP contribution in [0.5, 0.6) is 0 Å². The Morgan fingerprint density at radius 1 is 1.14 bits per heavy atom. The summed E-state index contributed by atoms with van der Waals surface area (Å²) in [7, 11) is 0. The Labute approximate surface area is 130 Å². The van der Waals surface area contributed by atoms with Crippen molar-refractivity contribution in [2.24, 2.45) is 23.2 Å². The molecular formula is C20H22O2. The number of Topliss-reactive ketones (excluding diaryl/α,β-unsaturated/α-hetero) is 1. The summed E-state index contributed by atoms with van der Waals surface area (Å²) < 4.78 is 5.91. The SMILES string of the molecule is O=C(c1cc2ccccc2o1)C12CCCC3CC(CC3C1)C2. The highest BCUT2D eigenvalue weighted by molar-refractivity contribution is 6.01. The topological polar surface area (TPSA) is 30.2 Å². The van der Waals surface area contributed by atoms with E-state index in [4.69, 9.17) is 4.42 Å². The molecule has 0 saturated heterocycles. The number of hydrogen-bond donors (Lipinski definition) is 0. The van der Waals surface area contributed by atoms with E-state index < -0.39 is 0 Å². The molecule has 1 heterocycles. The Bertz CT molecular complexity index is 710. The molecule has 3 saturated carbocycles. The summed E-state index contributed by atoms with van der Waals surface area (Å²) in [5, 5.41) is 1.05. The predicted octanol–water partition coefficient (Wildman–Crippen LogP) is 5.22. The molecule has 3 fully saturated rings. The van der Waals surface area contributed by atoms with Gasteiger partial charge in [-0.1, -0.05) is 31.0 Å². The van der Waals surface area contributed by atoms with Gasteiger partial charge in [-0.25, -0.2) is 0 Å². The third-order valence-corrected chi connectivity index (χ3v) is 6.63. The second kappa shape index (κ2) is 4.47. The van der Waals surface area contributed by atoms with Crippen LogP contribution >= 0.6 is 0 Å². The smallest absolute Gasteiger partial charge is 0.204 e. The second-order valence-corrected chi connectivity index (χ2v) is 7.92. The molecule has 114 valence electrons. The van der Waals surface area contributed by atoms with E-state index in [9.17, 15) is 4.79 Å². The zero-order valence-electron chi connectivity index (χ0n) is 12.9. The molecule has 2 nitrogen and oxygen atoms in total. The molecule has 3 aliphatic carbocycles. The molecule has 22 heavy (non-hydrogen) atoms. The monoisotopic (exact) mass is 294 g/mol. The van der Waals surface area contributed by atoms with Crippen molar-refractivity contribution in [2.75, 3.05) is 0 Å². The lowest BCUT2D eigenvalue weighted by molar-refractivity contribution is 0.0582. The molecule has 0 N–H and O–H groups in total. The third-order valence-electron chi connectivity index (χ3n) is 6.63. The van der Waals surface area contributed by atoms with Crippen LogP contribution in [0.15, 0.2) is 34.7 Å². The summed E-state index contributed by atoms with van der Waals surface area (Å²) >= 11 is 0. The molecule has 3 aliphatic rings. The maximum atomic E-state index is 13.3. The fourth-order valence-corrected chi connectivity index (χ4v) is 5.81. The third kappa shape index (κ3) is 1.76. The summed E-state index contributed by atoms with van der Waals surface area (Å²) in [4.78, 5) is 13.3. The molecule has 5 rings (SSSR count). The lowest BCUT2D eigenvalue weighted by atomic mass is 9.64. The van der Waals surface area contributed by atoms with Crippen LogP contribution in [-0.4, -0.2) is 5.78 Å². The van der Waals surface area contributed by atoms with Gasteiger partial charge in [-0.05, 0) is 62.0 Å². The van der Waals surface area contributed by atoms with Gasteiger partial charge in [-0.3, -0.25) is 4.79 Å². The van der Waals surface area contributed by atoms with Gasteiger partial charge in [0.05, 0.1) is 0 Å². The van der Waals surface area contributed by atoms with Crippen molar-refractivity contribution in [3.05, 3.63) is 36.1 Å². The van der Waals surface area contributed by atoms with Crippen molar-refractivity contribution in [2.45, 2.75) is 44.9 Å². The van der Waals surface area contributed by atoms with E-state index in [1.54, 1.807) is 0 Å². The zero-order valence-corrected chi connectivity index (χ0v) is 12.9. The maximum Gasteiger partial charge on any atom is 0.204 e. The van der Waals surface area contributed by atoms with Crippen LogP contribution in [0, 0.1) is 23.2 Å². The minimum atomic E-state index is -0.118. The van der Waals surface area contributed by atoms with Crippen molar-refractivity contribution >= 4 is 16.8 Å². The first-order chi connectivity index (χ1) is 10.7. The molecule has 0 amide bonds. The minimum absolute atomic E-state index is 0.118. The van der Waals surface area contributed by atoms with Gasteiger partial charge >= 0.3 is 0 Å². The van der Waals surface area contributed by atoms with E-state index in [1.165, 1.54) is 25.7 Å². The summed E-state index contributed by atoms with van der Waals surface area (Å²) in [6, 6.07) is 9.92. The van der Waals surface area contributed by atoms with Crippen molar-refractivity contribution in [3.8, 4) is 0 Å². The standard InChI is InChI=1S/C20H22O2/c21-19(18-10-15-4-1-2-6-17(15)22-18)20-7-3-5-14-8-13(11-20)9-16(14)12-20/h1-2,4,6,10,13-14,16H,3,5,7-9,11-12H2. The molecule has 2 heteroatoms. The lowest BCUT2D eigenvalue weighted by Gasteiger charge is -2.38. The number of para-hydroxylation sites is 1. The maximum absolute atomic E-state index is 13.3. The van der Waals surface area contributed by atoms with Gasteiger partial charge in [-0.15, -0.1) is 0 Å². The summed E-state index contributed by atoms with van der Waals surface area (Å²) in [5.41, 5.74) is 0.722. The number of hydrogen-bond acceptors (Lipinski definition) is 2. The van der Waals surface area contributed by atoms with Gasteiger partial charge < -0.3 is 4.42 Å². The van der Waals surface area contributed by atoms with Gasteiger partial charge in [0, 0.05) is 10.8 Å². The van der Waals surface area contributed by atoms with E-state index in [0.29, 0.717) is 11.5 Å². The molecule has 0 aliphatic heterocycles. The number of ketones is 1. The molecule has 4 atom stereocenters. The van der Waals surface area contributed by atoms with E-state index >= 15 is 0 Å². The first-order valence-corrected chi connectivity index (χ1v) is 8.77. The lowest BCUT2D eigenvalue weighted by Crippen LogP contribution is -2.36. The molecule has 0 radical (unpaired) electrons. The average Bonchev–Trinajstić information content (AvgIpc) is 3.03. The summed E-state index contributed by atoms with van der Waals surface area (Å²) in [5.74, 6) is 3.38. The van der Waals surface area contributed by atoms with Crippen molar-refractivity contribution in [1.29, 1.82) is 0 Å². The Balaban J connectivity index is 1.56. The largest absolute Gasteiger partial charge is 0.453 e. The molecule has 2 aromatic rings. The van der Waals surface area contributed by atoms with Crippen molar-refractivity contribution < 1.29 is 9.21 Å². The number of carbonyl (C=O) groups is 1. The number of carbonyl (C=O) groups excluding carboxylic acids is 1. The van der Waals surface area contributed by atoms with Crippen molar-refractivity contribution in [1.82, 2.24) is 0 Å². The van der Waals surface area contributed by atoms with Crippen LogP contribution < -0.4 is 0 Å². The van der Waals surface area contributed by atoms with E-state index in [-0.39, 0.29) is 5.41 Å². The van der Waals surface area contributed by atoms with Gasteiger partial charge in [0.25, 0.3) is 0 Å². The summed E-state index contributed by atoms with van der Waals surface area (Å²) in [6.07, 6.45) is 8.61. The summed E-state index contributed by atoms with van der Waals surface area (Å²) in [6.45, 7) is 0. The molecule has 1 aromatic carbocycles. The molecule has 1 aromatic heterocycles.